The molecule has 0 aromatic carbocycles. The Hall–Kier alpha value is -2.09. The summed E-state index contributed by atoms with van der Waals surface area (Å²) in [5.41, 5.74) is 0.338. The summed E-state index contributed by atoms with van der Waals surface area (Å²) in [7, 11) is 0. The lowest BCUT2D eigenvalue weighted by molar-refractivity contribution is 0.541. The van der Waals surface area contributed by atoms with Gasteiger partial charge >= 0.3 is 0 Å². The fourth-order valence-electron chi connectivity index (χ4n) is 0.830. The maximum absolute atomic E-state index is 10.4. The third-order valence-electron chi connectivity index (χ3n) is 1.40. The summed E-state index contributed by atoms with van der Waals surface area (Å²) in [5.74, 6) is 0.385. The van der Waals surface area contributed by atoms with Gasteiger partial charge in [0, 0.05) is 0 Å². The number of aromatic nitrogens is 2. The van der Waals surface area contributed by atoms with Crippen LogP contribution in [0.25, 0.3) is 0 Å². The number of nitrogens with one attached hydrogen (secondary N) is 1. The fraction of sp³-hybridized carbons (Fsp3) is 0.125. The van der Waals surface area contributed by atoms with E-state index in [0.717, 1.165) is 4.68 Å². The van der Waals surface area contributed by atoms with Gasteiger partial charge in [-0.2, -0.15) is 15.0 Å². The molecular formula is C8H8N4O. The van der Waals surface area contributed by atoms with E-state index in [-0.39, 0.29) is 0 Å². The number of carbonyl (C=O) groups excluding carboxylic acids is 1. The van der Waals surface area contributed by atoms with Gasteiger partial charge < -0.3 is 5.32 Å². The molecule has 5 heteroatoms. The average Bonchev–Trinajstić information content (AvgIpc) is 2.56. The topological polar surface area (TPSA) is 70.7 Å². The lowest BCUT2D eigenvalue weighted by Crippen LogP contribution is -2.02. The fourth-order valence-corrected chi connectivity index (χ4v) is 0.830. The van der Waals surface area contributed by atoms with Crippen LogP contribution < -0.4 is 5.32 Å². The minimum Gasteiger partial charge on any atom is -0.346 e. The minimum absolute atomic E-state index is 0.338. The standard InChI is InChI=1S/C8H8N4O/c1-2-3-10-8-7(4-9)5-11-12(8)6-13/h2-3,5-6,10H,1H3/b3-2-. The molecule has 0 atom stereocenters. The van der Waals surface area contributed by atoms with Crippen molar-refractivity contribution in [3.8, 4) is 6.07 Å². The predicted octanol–water partition coefficient (Wildman–Crippen LogP) is 0.739. The highest BCUT2D eigenvalue weighted by molar-refractivity contribution is 5.65. The van der Waals surface area contributed by atoms with Crippen molar-refractivity contribution >= 4 is 12.2 Å². The Bertz CT molecular complexity index is 372. The summed E-state index contributed by atoms with van der Waals surface area (Å²) in [6, 6.07) is 1.92. The van der Waals surface area contributed by atoms with E-state index in [4.69, 9.17) is 5.26 Å². The third-order valence-corrected chi connectivity index (χ3v) is 1.40. The zero-order valence-corrected chi connectivity index (χ0v) is 7.06. The number of hydrogen-bond donors (Lipinski definition) is 1. The SMILES string of the molecule is C/C=C\Nc1c(C#N)cnn1C=O. The molecule has 1 aromatic rings. The Morgan fingerprint density at radius 1 is 1.77 bits per heavy atom. The first kappa shape index (κ1) is 9.00. The zero-order valence-electron chi connectivity index (χ0n) is 7.06. The van der Waals surface area contributed by atoms with E-state index < -0.39 is 0 Å². The highest BCUT2D eigenvalue weighted by Crippen LogP contribution is 2.11. The van der Waals surface area contributed by atoms with Gasteiger partial charge in [0.2, 0.25) is 6.41 Å². The number of rotatable bonds is 3. The summed E-state index contributed by atoms with van der Waals surface area (Å²) in [6.07, 6.45) is 5.24. The van der Waals surface area contributed by atoms with Crippen LogP contribution in [0.2, 0.25) is 0 Å². The molecule has 1 N–H and O–H groups in total. The van der Waals surface area contributed by atoms with Gasteiger partial charge in [0.1, 0.15) is 11.6 Å². The largest absolute Gasteiger partial charge is 0.346 e. The smallest absolute Gasteiger partial charge is 0.236 e. The van der Waals surface area contributed by atoms with Crippen molar-refractivity contribution in [3.63, 3.8) is 0 Å². The highest BCUT2D eigenvalue weighted by Gasteiger charge is 2.07. The lowest BCUT2D eigenvalue weighted by atomic mass is 10.3. The van der Waals surface area contributed by atoms with Crippen molar-refractivity contribution in [3.05, 3.63) is 24.0 Å². The second kappa shape index (κ2) is 4.07. The van der Waals surface area contributed by atoms with Crippen molar-refractivity contribution in [1.29, 1.82) is 5.26 Å². The number of allylic oxidation sites excluding steroid dienone is 1. The van der Waals surface area contributed by atoms with Crippen molar-refractivity contribution in [2.24, 2.45) is 0 Å². The number of nitriles is 1. The van der Waals surface area contributed by atoms with Crippen LogP contribution in [-0.2, 0) is 4.79 Å². The second-order valence-corrected chi connectivity index (χ2v) is 2.21. The number of hydrogen-bond acceptors (Lipinski definition) is 4. The Morgan fingerprint density at radius 3 is 3.08 bits per heavy atom. The van der Waals surface area contributed by atoms with Gasteiger partial charge in [0.05, 0.1) is 6.20 Å². The molecule has 0 aliphatic carbocycles. The molecule has 0 aliphatic rings. The van der Waals surface area contributed by atoms with Crippen molar-refractivity contribution in [1.82, 2.24) is 9.78 Å². The van der Waals surface area contributed by atoms with Crippen LogP contribution in [0, 0.1) is 11.3 Å². The number of carbonyl (C=O) groups is 1. The van der Waals surface area contributed by atoms with E-state index >= 15 is 0 Å². The molecule has 5 nitrogen and oxygen atoms in total. The molecular weight excluding hydrogens is 168 g/mol. The summed E-state index contributed by atoms with van der Waals surface area (Å²) >= 11 is 0. The second-order valence-electron chi connectivity index (χ2n) is 2.21. The molecule has 0 spiro atoms. The van der Waals surface area contributed by atoms with Crippen LogP contribution >= 0.6 is 0 Å². The molecule has 1 aromatic heterocycles. The van der Waals surface area contributed by atoms with Gasteiger partial charge in [-0.15, -0.1) is 0 Å². The Kier molecular flexibility index (Phi) is 2.82. The van der Waals surface area contributed by atoms with Crippen LogP contribution in [0.15, 0.2) is 18.5 Å². The molecule has 13 heavy (non-hydrogen) atoms. The zero-order chi connectivity index (χ0) is 9.68. The van der Waals surface area contributed by atoms with E-state index in [9.17, 15) is 4.79 Å². The third kappa shape index (κ3) is 1.73. The molecule has 0 amide bonds. The van der Waals surface area contributed by atoms with Gasteiger partial charge in [-0.25, -0.2) is 0 Å². The van der Waals surface area contributed by atoms with E-state index in [1.54, 1.807) is 12.3 Å². The maximum Gasteiger partial charge on any atom is 0.236 e. The molecule has 0 aliphatic heterocycles. The summed E-state index contributed by atoms with van der Waals surface area (Å²) in [6.45, 7) is 1.82. The summed E-state index contributed by atoms with van der Waals surface area (Å²) < 4.78 is 1.07. The van der Waals surface area contributed by atoms with Crippen LogP contribution in [0.1, 0.15) is 12.5 Å². The van der Waals surface area contributed by atoms with Crippen molar-refractivity contribution < 1.29 is 4.79 Å². The minimum atomic E-state index is 0.338. The van der Waals surface area contributed by atoms with Crippen molar-refractivity contribution in [2.45, 2.75) is 6.92 Å². The van der Waals surface area contributed by atoms with Crippen LogP contribution in [0.4, 0.5) is 5.82 Å². The van der Waals surface area contributed by atoms with Crippen LogP contribution in [0.5, 0.6) is 0 Å². The predicted molar refractivity (Wildman–Crippen MR) is 47.5 cm³/mol. The van der Waals surface area contributed by atoms with Gasteiger partial charge in [-0.3, -0.25) is 4.79 Å². The van der Waals surface area contributed by atoms with E-state index in [2.05, 4.69) is 10.4 Å². The van der Waals surface area contributed by atoms with Crippen LogP contribution in [-0.4, -0.2) is 16.2 Å². The molecule has 1 heterocycles. The molecule has 1 rings (SSSR count). The normalized spacial score (nSPS) is 9.85. The van der Waals surface area contributed by atoms with E-state index in [1.807, 2.05) is 13.0 Å². The lowest BCUT2D eigenvalue weighted by Gasteiger charge is -1.98. The number of nitrogens with zero attached hydrogens (tertiary/aromatic N) is 3. The first-order valence-electron chi connectivity index (χ1n) is 3.64. The number of anilines is 1. The van der Waals surface area contributed by atoms with E-state index in [1.165, 1.54) is 6.20 Å². The summed E-state index contributed by atoms with van der Waals surface area (Å²) in [4.78, 5) is 10.4. The molecule has 0 fully saturated rings. The molecule has 66 valence electrons. The first-order chi connectivity index (χ1) is 6.33. The van der Waals surface area contributed by atoms with Gasteiger partial charge in [-0.05, 0) is 13.1 Å². The maximum atomic E-state index is 10.4. The van der Waals surface area contributed by atoms with Crippen LogP contribution in [0.3, 0.4) is 0 Å². The van der Waals surface area contributed by atoms with Gasteiger partial charge in [0.25, 0.3) is 0 Å². The van der Waals surface area contributed by atoms with Gasteiger partial charge in [0.15, 0.2) is 5.82 Å². The molecule has 0 radical (unpaired) electrons. The monoisotopic (exact) mass is 176 g/mol. The molecule has 0 saturated heterocycles. The molecule has 0 saturated carbocycles. The molecule has 0 unspecified atom stereocenters. The Balaban J connectivity index is 3.06. The Labute approximate surface area is 75.3 Å². The first-order valence-corrected chi connectivity index (χ1v) is 3.64. The average molecular weight is 176 g/mol. The quantitative estimate of drug-likeness (QED) is 0.689. The highest BCUT2D eigenvalue weighted by atomic mass is 16.1. The van der Waals surface area contributed by atoms with Crippen molar-refractivity contribution in [2.75, 3.05) is 5.32 Å². The summed E-state index contributed by atoms with van der Waals surface area (Å²) in [5, 5.41) is 15.1. The Morgan fingerprint density at radius 2 is 2.54 bits per heavy atom. The molecule has 0 bridgehead atoms. The van der Waals surface area contributed by atoms with E-state index in [0.29, 0.717) is 17.8 Å². The van der Waals surface area contributed by atoms with Gasteiger partial charge in [-0.1, -0.05) is 6.08 Å².